The number of aliphatic carboxylic acids is 1. The summed E-state index contributed by atoms with van der Waals surface area (Å²) in [5, 5.41) is 13.2. The fourth-order valence-corrected chi connectivity index (χ4v) is 1.85. The van der Waals surface area contributed by atoms with Crippen molar-refractivity contribution in [3.8, 4) is 11.4 Å². The summed E-state index contributed by atoms with van der Waals surface area (Å²) in [7, 11) is 1.58. The number of carbonyl (C=O) groups is 1. The summed E-state index contributed by atoms with van der Waals surface area (Å²) < 4.78 is 6.87. The van der Waals surface area contributed by atoms with E-state index in [1.54, 1.807) is 17.9 Å². The molecule has 2 rings (SSSR count). The summed E-state index contributed by atoms with van der Waals surface area (Å²) in [5.74, 6) is -0.224. The van der Waals surface area contributed by atoms with Crippen molar-refractivity contribution in [1.29, 1.82) is 0 Å². The van der Waals surface area contributed by atoms with Crippen molar-refractivity contribution in [3.05, 3.63) is 41.7 Å². The van der Waals surface area contributed by atoms with Gasteiger partial charge in [-0.15, -0.1) is 0 Å². The molecule has 0 saturated heterocycles. The Morgan fingerprint density at radius 1 is 1.44 bits per heavy atom. The Balaban J connectivity index is 2.52. The Morgan fingerprint density at radius 3 is 2.83 bits per heavy atom. The lowest BCUT2D eigenvalue weighted by Gasteiger charge is -2.10. The van der Waals surface area contributed by atoms with E-state index in [1.807, 2.05) is 31.2 Å². The highest BCUT2D eigenvalue weighted by Gasteiger charge is 2.13. The van der Waals surface area contributed by atoms with E-state index in [4.69, 9.17) is 9.84 Å². The van der Waals surface area contributed by atoms with Gasteiger partial charge >= 0.3 is 5.97 Å². The molecule has 94 valence electrons. The van der Waals surface area contributed by atoms with E-state index in [1.165, 1.54) is 0 Å². The maximum atomic E-state index is 10.8. The van der Waals surface area contributed by atoms with Crippen LogP contribution in [0.2, 0.25) is 0 Å². The fraction of sp³-hybridized carbons (Fsp3) is 0.231. The van der Waals surface area contributed by atoms with Crippen LogP contribution in [0.15, 0.2) is 30.3 Å². The SMILES string of the molecule is COc1ccccc1-n1nc(C)cc1CC(=O)O. The minimum atomic E-state index is -0.883. The van der Waals surface area contributed by atoms with Gasteiger partial charge in [-0.1, -0.05) is 12.1 Å². The van der Waals surface area contributed by atoms with Gasteiger partial charge in [-0.05, 0) is 25.1 Å². The number of hydrogen-bond acceptors (Lipinski definition) is 3. The first-order valence-electron chi connectivity index (χ1n) is 5.52. The molecule has 0 radical (unpaired) electrons. The Kier molecular flexibility index (Phi) is 3.32. The normalized spacial score (nSPS) is 10.3. The quantitative estimate of drug-likeness (QED) is 0.893. The average molecular weight is 246 g/mol. The Labute approximate surface area is 105 Å². The number of carboxylic acid groups (broad SMARTS) is 1. The van der Waals surface area contributed by atoms with Crippen molar-refractivity contribution < 1.29 is 14.6 Å². The van der Waals surface area contributed by atoms with Crippen LogP contribution < -0.4 is 4.74 Å². The molecule has 2 aromatic rings. The van der Waals surface area contributed by atoms with Gasteiger partial charge in [-0.25, -0.2) is 4.68 Å². The van der Waals surface area contributed by atoms with Crippen LogP contribution in [-0.4, -0.2) is 28.0 Å². The van der Waals surface area contributed by atoms with Gasteiger partial charge in [0.1, 0.15) is 11.4 Å². The molecule has 0 fully saturated rings. The summed E-state index contributed by atoms with van der Waals surface area (Å²) in [6, 6.07) is 9.14. The van der Waals surface area contributed by atoms with Crippen molar-refractivity contribution in [3.63, 3.8) is 0 Å². The Hall–Kier alpha value is -2.30. The van der Waals surface area contributed by atoms with Crippen LogP contribution in [-0.2, 0) is 11.2 Å². The molecule has 5 nitrogen and oxygen atoms in total. The van der Waals surface area contributed by atoms with Crippen LogP contribution in [0.4, 0.5) is 0 Å². The van der Waals surface area contributed by atoms with E-state index in [0.29, 0.717) is 11.4 Å². The molecule has 0 aliphatic heterocycles. The lowest BCUT2D eigenvalue weighted by Crippen LogP contribution is -2.08. The first-order chi connectivity index (χ1) is 8.61. The van der Waals surface area contributed by atoms with Crippen LogP contribution in [0.3, 0.4) is 0 Å². The maximum absolute atomic E-state index is 10.8. The van der Waals surface area contributed by atoms with Gasteiger partial charge in [0.15, 0.2) is 0 Å². The molecular formula is C13H14N2O3. The summed E-state index contributed by atoms with van der Waals surface area (Å²) in [5.41, 5.74) is 2.14. The molecule has 1 N–H and O–H groups in total. The Morgan fingerprint density at radius 2 is 2.17 bits per heavy atom. The van der Waals surface area contributed by atoms with Crippen molar-refractivity contribution in [2.75, 3.05) is 7.11 Å². The molecule has 5 heteroatoms. The molecule has 0 unspecified atom stereocenters. The number of aryl methyl sites for hydroxylation is 1. The highest BCUT2D eigenvalue weighted by molar-refractivity contribution is 5.70. The molecule has 0 spiro atoms. The first-order valence-corrected chi connectivity index (χ1v) is 5.52. The molecular weight excluding hydrogens is 232 g/mol. The molecule has 0 aliphatic rings. The zero-order chi connectivity index (χ0) is 13.1. The first kappa shape index (κ1) is 12.2. The van der Waals surface area contributed by atoms with Gasteiger partial charge in [-0.3, -0.25) is 4.79 Å². The average Bonchev–Trinajstić information content (AvgIpc) is 2.69. The number of carboxylic acids is 1. The lowest BCUT2D eigenvalue weighted by atomic mass is 10.2. The molecule has 18 heavy (non-hydrogen) atoms. The second-order valence-corrected chi connectivity index (χ2v) is 3.93. The van der Waals surface area contributed by atoms with Gasteiger partial charge in [0.2, 0.25) is 0 Å². The predicted molar refractivity (Wildman–Crippen MR) is 66.2 cm³/mol. The van der Waals surface area contributed by atoms with Gasteiger partial charge in [0, 0.05) is 0 Å². The molecule has 0 bridgehead atoms. The predicted octanol–water partition coefficient (Wildman–Crippen LogP) is 1.82. The van der Waals surface area contributed by atoms with E-state index >= 15 is 0 Å². The minimum absolute atomic E-state index is 0.0705. The van der Waals surface area contributed by atoms with Gasteiger partial charge in [0.25, 0.3) is 0 Å². The zero-order valence-corrected chi connectivity index (χ0v) is 10.3. The third-order valence-electron chi connectivity index (χ3n) is 2.55. The van der Waals surface area contributed by atoms with Gasteiger partial charge in [-0.2, -0.15) is 5.10 Å². The molecule has 1 aromatic heterocycles. The number of hydrogen-bond donors (Lipinski definition) is 1. The van der Waals surface area contributed by atoms with Crippen molar-refractivity contribution in [1.82, 2.24) is 9.78 Å². The number of aromatic nitrogens is 2. The van der Waals surface area contributed by atoms with E-state index in [2.05, 4.69) is 5.10 Å². The number of nitrogens with zero attached hydrogens (tertiary/aromatic N) is 2. The number of methoxy groups -OCH3 is 1. The van der Waals surface area contributed by atoms with E-state index in [-0.39, 0.29) is 6.42 Å². The second kappa shape index (κ2) is 4.91. The van der Waals surface area contributed by atoms with Crippen molar-refractivity contribution >= 4 is 5.97 Å². The standard InChI is InChI=1S/C13H14N2O3/c1-9-7-10(8-13(16)17)15(14-9)11-5-3-4-6-12(11)18-2/h3-7H,8H2,1-2H3,(H,16,17). The molecule has 0 atom stereocenters. The van der Waals surface area contributed by atoms with E-state index in [9.17, 15) is 4.79 Å². The number of rotatable bonds is 4. The molecule has 0 aliphatic carbocycles. The third-order valence-corrected chi connectivity index (χ3v) is 2.55. The Bertz CT molecular complexity index is 575. The lowest BCUT2D eigenvalue weighted by molar-refractivity contribution is -0.136. The molecule has 0 saturated carbocycles. The summed E-state index contributed by atoms with van der Waals surface area (Å²) in [6.07, 6.45) is -0.0705. The van der Waals surface area contributed by atoms with Crippen LogP contribution >= 0.6 is 0 Å². The topological polar surface area (TPSA) is 64.4 Å². The third kappa shape index (κ3) is 2.34. The minimum Gasteiger partial charge on any atom is -0.494 e. The highest BCUT2D eigenvalue weighted by Crippen LogP contribution is 2.23. The van der Waals surface area contributed by atoms with Crippen molar-refractivity contribution in [2.24, 2.45) is 0 Å². The number of para-hydroxylation sites is 2. The maximum Gasteiger partial charge on any atom is 0.309 e. The van der Waals surface area contributed by atoms with Crippen LogP contribution in [0, 0.1) is 6.92 Å². The van der Waals surface area contributed by atoms with Gasteiger partial charge < -0.3 is 9.84 Å². The largest absolute Gasteiger partial charge is 0.494 e. The van der Waals surface area contributed by atoms with Crippen LogP contribution in [0.1, 0.15) is 11.4 Å². The summed E-state index contributed by atoms with van der Waals surface area (Å²) in [4.78, 5) is 10.8. The summed E-state index contributed by atoms with van der Waals surface area (Å²) >= 11 is 0. The van der Waals surface area contributed by atoms with E-state index < -0.39 is 5.97 Å². The second-order valence-electron chi connectivity index (χ2n) is 3.93. The number of benzene rings is 1. The van der Waals surface area contributed by atoms with E-state index in [0.717, 1.165) is 11.4 Å². The highest BCUT2D eigenvalue weighted by atomic mass is 16.5. The summed E-state index contributed by atoms with van der Waals surface area (Å²) in [6.45, 7) is 1.83. The molecule has 0 amide bonds. The van der Waals surface area contributed by atoms with Crippen LogP contribution in [0.25, 0.3) is 5.69 Å². The molecule has 1 aromatic carbocycles. The monoisotopic (exact) mass is 246 g/mol. The number of ether oxygens (including phenoxy) is 1. The molecule has 1 heterocycles. The smallest absolute Gasteiger partial charge is 0.309 e. The fourth-order valence-electron chi connectivity index (χ4n) is 1.85. The zero-order valence-electron chi connectivity index (χ0n) is 10.3. The van der Waals surface area contributed by atoms with Crippen molar-refractivity contribution in [2.45, 2.75) is 13.3 Å². The van der Waals surface area contributed by atoms with Crippen LogP contribution in [0.5, 0.6) is 5.75 Å². The van der Waals surface area contributed by atoms with Gasteiger partial charge in [0.05, 0.1) is 24.9 Å².